The van der Waals surface area contributed by atoms with E-state index in [1.54, 1.807) is 42.5 Å². The third-order valence-electron chi connectivity index (χ3n) is 5.84. The molecular weight excluding hydrogens is 441 g/mol. The van der Waals surface area contributed by atoms with Gasteiger partial charge in [-0.15, -0.1) is 6.58 Å². The van der Waals surface area contributed by atoms with Crippen molar-refractivity contribution in [2.75, 3.05) is 19.8 Å². The monoisotopic (exact) mass is 468 g/mol. The summed E-state index contributed by atoms with van der Waals surface area (Å²) in [5.74, 6) is -2.38. The van der Waals surface area contributed by atoms with Crippen LogP contribution in [0.2, 0.25) is 0 Å². The van der Waals surface area contributed by atoms with E-state index in [1.165, 1.54) is 18.2 Å². The van der Waals surface area contributed by atoms with Crippen molar-refractivity contribution < 1.29 is 27.4 Å². The van der Waals surface area contributed by atoms with E-state index in [9.17, 15) is 13.2 Å². The molecule has 0 aliphatic carbocycles. The topological polar surface area (TPSA) is 27.7 Å². The van der Waals surface area contributed by atoms with E-state index < -0.39 is 23.7 Å². The Morgan fingerprint density at radius 2 is 1.59 bits per heavy atom. The Balaban J connectivity index is 1.50. The zero-order chi connectivity index (χ0) is 24.1. The van der Waals surface area contributed by atoms with Gasteiger partial charge in [0.1, 0.15) is 5.82 Å². The Morgan fingerprint density at radius 1 is 0.912 bits per heavy atom. The molecule has 1 heterocycles. The van der Waals surface area contributed by atoms with Crippen LogP contribution in [0.4, 0.5) is 13.2 Å². The van der Waals surface area contributed by atoms with Crippen molar-refractivity contribution in [2.24, 2.45) is 5.92 Å². The molecule has 0 aromatic heterocycles. The second-order valence-corrected chi connectivity index (χ2v) is 8.25. The molecule has 6 heteroatoms. The normalized spacial score (nSPS) is 18.0. The Morgan fingerprint density at radius 3 is 2.24 bits per heavy atom. The quantitative estimate of drug-likeness (QED) is 0.254. The van der Waals surface area contributed by atoms with Crippen molar-refractivity contribution in [3.8, 4) is 28.0 Å². The number of hydrogen-bond donors (Lipinski definition) is 0. The molecular formula is C28H27F3O3. The lowest BCUT2D eigenvalue weighted by Crippen LogP contribution is -2.26. The fourth-order valence-corrected chi connectivity index (χ4v) is 3.77. The summed E-state index contributed by atoms with van der Waals surface area (Å²) in [4.78, 5) is 0. The van der Waals surface area contributed by atoms with Crippen LogP contribution in [0, 0.1) is 23.4 Å². The predicted octanol–water partition coefficient (Wildman–Crippen LogP) is 7.46. The van der Waals surface area contributed by atoms with E-state index in [0.29, 0.717) is 36.5 Å². The van der Waals surface area contributed by atoms with Crippen LogP contribution in [-0.2, 0) is 9.47 Å². The summed E-state index contributed by atoms with van der Waals surface area (Å²) in [5, 5.41) is 0. The van der Waals surface area contributed by atoms with Gasteiger partial charge in [0.15, 0.2) is 17.9 Å². The highest BCUT2D eigenvalue weighted by Gasteiger charge is 2.24. The molecule has 0 N–H and O–H groups in total. The highest BCUT2D eigenvalue weighted by Crippen LogP contribution is 2.33. The minimum Gasteiger partial charge on any atom is -0.490 e. The van der Waals surface area contributed by atoms with Gasteiger partial charge in [0, 0.05) is 17.0 Å². The van der Waals surface area contributed by atoms with Crippen LogP contribution in [0.25, 0.3) is 22.3 Å². The van der Waals surface area contributed by atoms with Gasteiger partial charge in [-0.25, -0.2) is 8.78 Å². The lowest BCUT2D eigenvalue weighted by Gasteiger charge is -2.28. The molecule has 1 aliphatic heterocycles. The summed E-state index contributed by atoms with van der Waals surface area (Å²) in [6, 6.07) is 14.6. The summed E-state index contributed by atoms with van der Waals surface area (Å²) in [5.41, 5.74) is 2.38. The van der Waals surface area contributed by atoms with Crippen molar-refractivity contribution in [1.82, 2.24) is 0 Å². The van der Waals surface area contributed by atoms with Crippen LogP contribution < -0.4 is 4.74 Å². The van der Waals surface area contributed by atoms with Crippen molar-refractivity contribution in [2.45, 2.75) is 26.1 Å². The maximum Gasteiger partial charge on any atom is 0.201 e. The Bertz CT molecular complexity index is 1140. The third kappa shape index (κ3) is 5.18. The van der Waals surface area contributed by atoms with Crippen LogP contribution in [0.5, 0.6) is 5.75 Å². The van der Waals surface area contributed by atoms with Crippen LogP contribution in [-0.4, -0.2) is 19.8 Å². The molecule has 4 rings (SSSR count). The second-order valence-electron chi connectivity index (χ2n) is 8.25. The maximum atomic E-state index is 14.8. The summed E-state index contributed by atoms with van der Waals surface area (Å²) >= 11 is 0. The summed E-state index contributed by atoms with van der Waals surface area (Å²) < 4.78 is 60.4. The van der Waals surface area contributed by atoms with Crippen molar-refractivity contribution in [3.05, 3.63) is 90.3 Å². The fraction of sp³-hybridized carbons (Fsp3) is 0.286. The van der Waals surface area contributed by atoms with Crippen LogP contribution in [0.1, 0.15) is 31.6 Å². The molecule has 1 fully saturated rings. The van der Waals surface area contributed by atoms with Gasteiger partial charge in [-0.2, -0.15) is 4.39 Å². The standard InChI is InChI=1S/C28H27F3O3/c1-3-5-14-32-25-13-12-22(26(30)27(25)31)20-8-6-19(7-9-20)21-10-11-23(24(29)15-21)28-33-16-18(4-2)17-34-28/h4,6-13,15,18,28H,2-3,5,14,16-17H2,1H3. The number of unbranched alkanes of at least 4 members (excludes halogenated alkanes) is 1. The smallest absolute Gasteiger partial charge is 0.201 e. The lowest BCUT2D eigenvalue weighted by atomic mass is 9.98. The van der Waals surface area contributed by atoms with Gasteiger partial charge in [-0.05, 0) is 41.3 Å². The van der Waals surface area contributed by atoms with Crippen molar-refractivity contribution >= 4 is 0 Å². The molecule has 3 aromatic carbocycles. The lowest BCUT2D eigenvalue weighted by molar-refractivity contribution is -0.198. The number of benzene rings is 3. The second kappa shape index (κ2) is 10.9. The molecule has 0 saturated carbocycles. The molecule has 0 unspecified atom stereocenters. The predicted molar refractivity (Wildman–Crippen MR) is 126 cm³/mol. The minimum absolute atomic E-state index is 0.0900. The number of ether oxygens (including phenoxy) is 3. The zero-order valence-corrected chi connectivity index (χ0v) is 19.0. The van der Waals surface area contributed by atoms with Gasteiger partial charge in [0.25, 0.3) is 0 Å². The van der Waals surface area contributed by atoms with Crippen LogP contribution in [0.3, 0.4) is 0 Å². The van der Waals surface area contributed by atoms with E-state index in [4.69, 9.17) is 14.2 Å². The third-order valence-corrected chi connectivity index (χ3v) is 5.84. The van der Waals surface area contributed by atoms with Gasteiger partial charge in [0.2, 0.25) is 5.82 Å². The molecule has 0 radical (unpaired) electrons. The van der Waals surface area contributed by atoms with E-state index in [2.05, 4.69) is 6.58 Å². The highest BCUT2D eigenvalue weighted by atomic mass is 19.2. The molecule has 3 nitrogen and oxygen atoms in total. The first-order valence-corrected chi connectivity index (χ1v) is 11.4. The Hall–Kier alpha value is -3.09. The molecule has 1 aliphatic rings. The zero-order valence-electron chi connectivity index (χ0n) is 19.0. The molecule has 0 amide bonds. The summed E-state index contributed by atoms with van der Waals surface area (Å²) in [7, 11) is 0. The largest absolute Gasteiger partial charge is 0.490 e. The SMILES string of the molecule is C=CC1COC(c2ccc(-c3ccc(-c4ccc(OCCCC)c(F)c4F)cc3)cc2F)OC1. The van der Waals surface area contributed by atoms with Crippen LogP contribution in [0.15, 0.2) is 67.3 Å². The van der Waals surface area contributed by atoms with Gasteiger partial charge in [0.05, 0.1) is 19.8 Å². The average molecular weight is 469 g/mol. The Kier molecular flexibility index (Phi) is 7.70. The van der Waals surface area contributed by atoms with E-state index in [1.807, 2.05) is 6.92 Å². The first-order valence-electron chi connectivity index (χ1n) is 11.4. The van der Waals surface area contributed by atoms with Crippen LogP contribution >= 0.6 is 0 Å². The number of hydrogen-bond acceptors (Lipinski definition) is 3. The van der Waals surface area contributed by atoms with Crippen molar-refractivity contribution in [1.29, 1.82) is 0 Å². The molecule has 0 atom stereocenters. The van der Waals surface area contributed by atoms with E-state index in [0.717, 1.165) is 18.4 Å². The molecule has 178 valence electrons. The van der Waals surface area contributed by atoms with E-state index in [-0.39, 0.29) is 17.2 Å². The minimum atomic E-state index is -0.998. The van der Waals surface area contributed by atoms with Gasteiger partial charge < -0.3 is 14.2 Å². The first kappa shape index (κ1) is 24.0. The summed E-state index contributed by atoms with van der Waals surface area (Å²) in [6.45, 7) is 6.91. The summed E-state index contributed by atoms with van der Waals surface area (Å²) in [6.07, 6.45) is 2.68. The highest BCUT2D eigenvalue weighted by molar-refractivity contribution is 5.71. The molecule has 1 saturated heterocycles. The average Bonchev–Trinajstić information content (AvgIpc) is 2.87. The number of halogens is 3. The molecule has 0 bridgehead atoms. The van der Waals surface area contributed by atoms with Gasteiger partial charge in [-0.3, -0.25) is 0 Å². The van der Waals surface area contributed by atoms with Gasteiger partial charge in [-0.1, -0.05) is 55.8 Å². The van der Waals surface area contributed by atoms with Crippen molar-refractivity contribution in [3.63, 3.8) is 0 Å². The first-order chi connectivity index (χ1) is 16.5. The molecule has 34 heavy (non-hydrogen) atoms. The van der Waals surface area contributed by atoms with E-state index >= 15 is 0 Å². The fourth-order valence-electron chi connectivity index (χ4n) is 3.77. The Labute approximate surface area is 197 Å². The molecule has 0 spiro atoms. The van der Waals surface area contributed by atoms with Gasteiger partial charge >= 0.3 is 0 Å². The maximum absolute atomic E-state index is 14.8. The molecule has 3 aromatic rings. The number of rotatable bonds is 8.